The summed E-state index contributed by atoms with van der Waals surface area (Å²) in [7, 11) is 1.21. The first kappa shape index (κ1) is 22.7. The second-order valence-electron chi connectivity index (χ2n) is 6.64. The molecule has 0 aromatic carbocycles. The predicted molar refractivity (Wildman–Crippen MR) is 86.1 cm³/mol. The van der Waals surface area contributed by atoms with E-state index >= 15 is 0 Å². The molecule has 7 atom stereocenters. The van der Waals surface area contributed by atoms with E-state index in [1.54, 1.807) is 6.92 Å². The van der Waals surface area contributed by atoms with Gasteiger partial charge in [0.1, 0.15) is 0 Å². The number of aliphatic carboxylic acids is 1. The second kappa shape index (κ2) is 8.40. The van der Waals surface area contributed by atoms with Gasteiger partial charge in [-0.3, -0.25) is 4.79 Å². The summed E-state index contributed by atoms with van der Waals surface area (Å²) in [4.78, 5) is 37.3. The first-order valence-corrected chi connectivity index (χ1v) is 9.10. The molecule has 0 aromatic heterocycles. The quantitative estimate of drug-likeness (QED) is 0.251. The zero-order valence-corrected chi connectivity index (χ0v) is 18.3. The van der Waals surface area contributed by atoms with Crippen molar-refractivity contribution in [1.29, 1.82) is 0 Å². The van der Waals surface area contributed by atoms with Crippen LogP contribution < -0.4 is 34.7 Å². The Hall–Kier alpha value is -0.620. The fraction of sp³-hybridized carbons (Fsp3) is 0.688. The molecule has 0 radical (unpaired) electrons. The number of rotatable bonds is 6. The molecule has 3 heterocycles. The molecule has 1 amide bonds. The molecular weight excluding hydrogens is 389 g/mol. The van der Waals surface area contributed by atoms with Crippen LogP contribution in [0.4, 0.5) is 0 Å². The van der Waals surface area contributed by atoms with Crippen LogP contribution in [0, 0.1) is 11.8 Å². The van der Waals surface area contributed by atoms with Gasteiger partial charge in [0, 0.05) is 10.8 Å². The van der Waals surface area contributed by atoms with E-state index in [0.29, 0.717) is 4.91 Å². The zero-order valence-electron chi connectivity index (χ0n) is 15.4. The van der Waals surface area contributed by atoms with Crippen LogP contribution in [0.5, 0.6) is 0 Å². The fourth-order valence-corrected chi connectivity index (χ4v) is 5.40. The van der Waals surface area contributed by atoms with Crippen molar-refractivity contribution in [3.63, 3.8) is 0 Å². The molecule has 0 saturated carbocycles. The summed E-state index contributed by atoms with van der Waals surface area (Å²) in [6, 6.07) is -0.469. The number of aliphatic hydroxyl groups excluding tert-OH is 2. The van der Waals surface area contributed by atoms with Gasteiger partial charge in [0.05, 0.1) is 54.8 Å². The van der Waals surface area contributed by atoms with E-state index in [1.165, 1.54) is 14.0 Å². The first-order valence-electron chi connectivity index (χ1n) is 8.22. The minimum atomic E-state index is -1.49. The molecule has 0 bridgehead atoms. The van der Waals surface area contributed by atoms with E-state index in [0.717, 1.165) is 16.7 Å². The predicted octanol–water partition coefficient (Wildman–Crippen LogP) is -5.16. The molecule has 2 N–H and O–H groups in total. The smallest absolute Gasteiger partial charge is 0.543 e. The Bertz CT molecular complexity index is 683. The van der Waals surface area contributed by atoms with Gasteiger partial charge in [-0.05, 0) is 6.92 Å². The number of nitrogens with zero attached hydrogens (tertiary/aromatic N) is 1. The van der Waals surface area contributed by atoms with Gasteiger partial charge in [0.25, 0.3) is 0 Å². The maximum atomic E-state index is 12.3. The van der Waals surface area contributed by atoms with Crippen molar-refractivity contribution in [3.8, 4) is 0 Å². The number of β-lactam (4-membered cyclic amide) rings is 1. The average Bonchev–Trinajstić information content (AvgIpc) is 2.80. The Morgan fingerprint density at radius 1 is 1.44 bits per heavy atom. The molecule has 27 heavy (non-hydrogen) atoms. The van der Waals surface area contributed by atoms with Crippen molar-refractivity contribution in [1.82, 2.24) is 4.90 Å². The molecule has 0 unspecified atom stereocenters. The van der Waals surface area contributed by atoms with E-state index < -0.39 is 53.4 Å². The van der Waals surface area contributed by atoms with Crippen molar-refractivity contribution in [2.24, 2.45) is 11.8 Å². The number of fused-ring (bicyclic) bond motifs is 1. The molecule has 0 spiro atoms. The maximum Gasteiger partial charge on any atom is 1.00 e. The van der Waals surface area contributed by atoms with Crippen molar-refractivity contribution < 1.29 is 68.7 Å². The minimum absolute atomic E-state index is 0. The Kier molecular flexibility index (Phi) is 7.05. The van der Waals surface area contributed by atoms with Crippen molar-refractivity contribution in [3.05, 3.63) is 10.6 Å². The number of carboxylic acids is 1. The van der Waals surface area contributed by atoms with Gasteiger partial charge >= 0.3 is 35.5 Å². The Labute approximate surface area is 182 Å². The number of amides is 1. The molecule has 0 aromatic rings. The molecule has 2 saturated heterocycles. The van der Waals surface area contributed by atoms with Crippen LogP contribution >= 0.6 is 11.8 Å². The summed E-state index contributed by atoms with van der Waals surface area (Å²) in [6.45, 7) is 2.92. The van der Waals surface area contributed by atoms with Crippen LogP contribution in [0.3, 0.4) is 0 Å². The summed E-state index contributed by atoms with van der Waals surface area (Å²) in [5.74, 6) is -3.60. The molecule has 9 nitrogen and oxygen atoms in total. The van der Waals surface area contributed by atoms with E-state index in [2.05, 4.69) is 4.74 Å². The van der Waals surface area contributed by atoms with E-state index in [-0.39, 0.29) is 47.8 Å². The molecule has 3 rings (SSSR count). The average molecular weight is 409 g/mol. The third-order valence-corrected chi connectivity index (χ3v) is 6.81. The number of hydrogen-bond donors (Lipinski definition) is 2. The largest absolute Gasteiger partial charge is 1.00 e. The monoisotopic (exact) mass is 409 g/mol. The van der Waals surface area contributed by atoms with Gasteiger partial charge in [0.2, 0.25) is 5.91 Å². The Balaban J connectivity index is 0.00000261. The number of esters is 1. The third-order valence-electron chi connectivity index (χ3n) is 5.16. The Morgan fingerprint density at radius 3 is 2.56 bits per heavy atom. The summed E-state index contributed by atoms with van der Waals surface area (Å²) >= 11 is 1.08. The molecular formula is C16H20NNaO8S. The topological polar surface area (TPSA) is 136 Å². The van der Waals surface area contributed by atoms with Gasteiger partial charge in [-0.2, -0.15) is 0 Å². The Morgan fingerprint density at radius 2 is 2.07 bits per heavy atom. The van der Waals surface area contributed by atoms with Gasteiger partial charge in [-0.15, -0.1) is 11.8 Å². The van der Waals surface area contributed by atoms with Gasteiger partial charge in [-0.1, -0.05) is 6.92 Å². The minimum Gasteiger partial charge on any atom is -0.543 e. The standard InChI is InChI=1S/C16H21NO8S.Na/c1-5-9-8(6(2)19)14(20)17(9)10(15(21)22)12(5)26-13-7(4-18)25-11(13)16(23)24-3;/h5-9,11,13,18-19H,4H2,1-3H3,(H,21,22);/q;+1/p-1/t5-,6-,7-,8-,9-,11+,13-;/m1./s1. The zero-order chi connectivity index (χ0) is 19.3. The maximum absolute atomic E-state index is 12.3. The summed E-state index contributed by atoms with van der Waals surface area (Å²) in [5.41, 5.74) is -0.235. The number of carbonyl (C=O) groups is 3. The van der Waals surface area contributed by atoms with Crippen molar-refractivity contribution >= 4 is 29.6 Å². The molecule has 144 valence electrons. The third kappa shape index (κ3) is 3.45. The summed E-state index contributed by atoms with van der Waals surface area (Å²) < 4.78 is 9.95. The van der Waals surface area contributed by atoms with Crippen LogP contribution in [0.15, 0.2) is 10.6 Å². The SMILES string of the molecule is COC(=O)[C@H]1O[C@H](CO)[C@H]1SC1=C(C(=O)[O-])N2C(=O)[C@H]([C@@H](C)O)[C@H]2[C@H]1C.[Na+]. The van der Waals surface area contributed by atoms with E-state index in [9.17, 15) is 29.7 Å². The van der Waals surface area contributed by atoms with Crippen LogP contribution in [0.1, 0.15) is 13.8 Å². The van der Waals surface area contributed by atoms with Crippen molar-refractivity contribution in [2.45, 2.75) is 43.5 Å². The summed E-state index contributed by atoms with van der Waals surface area (Å²) in [5, 5.41) is 30.3. The molecule has 3 aliphatic rings. The first-order chi connectivity index (χ1) is 12.2. The van der Waals surface area contributed by atoms with E-state index in [4.69, 9.17) is 4.74 Å². The van der Waals surface area contributed by atoms with Crippen LogP contribution in [0.25, 0.3) is 0 Å². The second-order valence-corrected chi connectivity index (χ2v) is 7.86. The van der Waals surface area contributed by atoms with Gasteiger partial charge < -0.3 is 34.5 Å². The molecule has 3 aliphatic heterocycles. The summed E-state index contributed by atoms with van der Waals surface area (Å²) in [6.07, 6.45) is -2.48. The number of carboxylic acid groups (broad SMARTS) is 1. The van der Waals surface area contributed by atoms with Crippen molar-refractivity contribution in [2.75, 3.05) is 13.7 Å². The van der Waals surface area contributed by atoms with Crippen LogP contribution in [0.2, 0.25) is 0 Å². The number of methoxy groups -OCH3 is 1. The molecule has 11 heteroatoms. The van der Waals surface area contributed by atoms with E-state index in [1.807, 2.05) is 0 Å². The molecule has 2 fully saturated rings. The van der Waals surface area contributed by atoms with Crippen LogP contribution in [-0.4, -0.2) is 76.3 Å². The number of ether oxygens (including phenoxy) is 2. The van der Waals surface area contributed by atoms with Gasteiger partial charge in [-0.25, -0.2) is 4.79 Å². The number of hydrogen-bond acceptors (Lipinski definition) is 9. The van der Waals surface area contributed by atoms with Gasteiger partial charge in [0.15, 0.2) is 6.10 Å². The number of aliphatic hydroxyl groups is 2. The van der Waals surface area contributed by atoms with Crippen LogP contribution in [-0.2, 0) is 23.9 Å². The normalized spacial score (nSPS) is 35.6. The fourth-order valence-electron chi connectivity index (χ4n) is 3.85. The number of carbonyl (C=O) groups excluding carboxylic acids is 3. The number of thioether (sulfide) groups is 1. The molecule has 0 aliphatic carbocycles.